The lowest BCUT2D eigenvalue weighted by Gasteiger charge is -2.09. The molecule has 0 aliphatic rings. The fourth-order valence-corrected chi connectivity index (χ4v) is 1.42. The molecule has 3 nitrogen and oxygen atoms in total. The number of carboxylic acid groups (broad SMARTS) is 1. The predicted octanol–water partition coefficient (Wildman–Crippen LogP) is 2.02. The van der Waals surface area contributed by atoms with Gasteiger partial charge in [-0.15, -0.1) is 0 Å². The van der Waals surface area contributed by atoms with Crippen LogP contribution in [-0.2, 0) is 11.2 Å². The maximum atomic E-state index is 10.4. The Morgan fingerprint density at radius 2 is 2.21 bits per heavy atom. The minimum Gasteiger partial charge on any atom is -0.496 e. The molecule has 0 unspecified atom stereocenters. The third kappa shape index (κ3) is 2.49. The summed E-state index contributed by atoms with van der Waals surface area (Å²) < 4.78 is 5.17. The molecule has 0 aliphatic carbocycles. The van der Waals surface area contributed by atoms with Crippen LogP contribution in [0.5, 0.6) is 5.75 Å². The number of hydrogen-bond acceptors (Lipinski definition) is 2. The molecule has 1 aromatic rings. The van der Waals surface area contributed by atoms with Crippen molar-refractivity contribution in [2.75, 3.05) is 7.11 Å². The van der Waals surface area contributed by atoms with Gasteiger partial charge in [0.25, 0.3) is 0 Å². The van der Waals surface area contributed by atoms with Crippen LogP contribution in [0.4, 0.5) is 0 Å². The van der Waals surface area contributed by atoms with Gasteiger partial charge in [-0.3, -0.25) is 4.79 Å². The number of methoxy groups -OCH3 is 1. The number of aryl methyl sites for hydroxylation is 1. The van der Waals surface area contributed by atoms with Gasteiger partial charge in [-0.1, -0.05) is 12.1 Å². The average Bonchev–Trinajstić information content (AvgIpc) is 2.15. The number of carboxylic acids is 1. The second-order valence-corrected chi connectivity index (χ2v) is 3.15. The summed E-state index contributed by atoms with van der Waals surface area (Å²) in [5.74, 6) is -0.0124. The van der Waals surface area contributed by atoms with Gasteiger partial charge in [0, 0.05) is 6.42 Å². The van der Waals surface area contributed by atoms with Crippen molar-refractivity contribution < 1.29 is 14.6 Å². The minimum atomic E-state index is -0.782. The van der Waals surface area contributed by atoms with Crippen molar-refractivity contribution in [3.8, 4) is 5.75 Å². The molecule has 0 aromatic heterocycles. The summed E-state index contributed by atoms with van der Waals surface area (Å²) in [6, 6.07) is 5.71. The van der Waals surface area contributed by atoms with E-state index < -0.39 is 5.97 Å². The fourth-order valence-electron chi connectivity index (χ4n) is 1.42. The van der Waals surface area contributed by atoms with Gasteiger partial charge < -0.3 is 9.84 Å². The van der Waals surface area contributed by atoms with Gasteiger partial charge in [-0.2, -0.15) is 0 Å². The van der Waals surface area contributed by atoms with E-state index in [-0.39, 0.29) is 6.42 Å². The number of ether oxygens (including phenoxy) is 1. The van der Waals surface area contributed by atoms with E-state index in [1.807, 2.05) is 25.1 Å². The van der Waals surface area contributed by atoms with Crippen molar-refractivity contribution in [2.24, 2.45) is 0 Å². The first-order valence-electron chi connectivity index (χ1n) is 4.49. The zero-order valence-corrected chi connectivity index (χ0v) is 8.41. The van der Waals surface area contributed by atoms with Crippen LogP contribution < -0.4 is 4.74 Å². The molecule has 0 bridgehead atoms. The summed E-state index contributed by atoms with van der Waals surface area (Å²) in [7, 11) is 1.60. The Labute approximate surface area is 83.3 Å². The molecule has 0 atom stereocenters. The van der Waals surface area contributed by atoms with E-state index in [2.05, 4.69) is 0 Å². The summed E-state index contributed by atoms with van der Waals surface area (Å²) in [6.45, 7) is 1.96. The Morgan fingerprint density at radius 1 is 1.50 bits per heavy atom. The monoisotopic (exact) mass is 194 g/mol. The number of benzene rings is 1. The molecule has 0 amide bonds. The fraction of sp³-hybridized carbons (Fsp3) is 0.364. The highest BCUT2D eigenvalue weighted by Crippen LogP contribution is 2.22. The lowest BCUT2D eigenvalue weighted by atomic mass is 10.0. The molecular formula is C11H14O3. The molecular weight excluding hydrogens is 180 g/mol. The maximum Gasteiger partial charge on any atom is 0.303 e. The number of rotatable bonds is 4. The molecule has 3 heteroatoms. The largest absolute Gasteiger partial charge is 0.496 e. The van der Waals surface area contributed by atoms with Crippen LogP contribution in [0.3, 0.4) is 0 Å². The standard InChI is InChI=1S/C11H14O3/c1-8-4-3-5-10(14-2)9(8)6-7-11(12)13/h3-5H,6-7H2,1-2H3,(H,12,13). The van der Waals surface area contributed by atoms with E-state index in [4.69, 9.17) is 9.84 Å². The van der Waals surface area contributed by atoms with Crippen LogP contribution in [0.25, 0.3) is 0 Å². The van der Waals surface area contributed by atoms with Gasteiger partial charge >= 0.3 is 5.97 Å². The number of hydrogen-bond donors (Lipinski definition) is 1. The van der Waals surface area contributed by atoms with Crippen LogP contribution in [0.15, 0.2) is 18.2 Å². The minimum absolute atomic E-state index is 0.140. The Bertz CT molecular complexity index is 331. The summed E-state index contributed by atoms with van der Waals surface area (Å²) in [6.07, 6.45) is 0.659. The maximum absolute atomic E-state index is 10.4. The molecule has 1 N–H and O–H groups in total. The van der Waals surface area contributed by atoms with E-state index in [0.29, 0.717) is 6.42 Å². The second-order valence-electron chi connectivity index (χ2n) is 3.15. The molecule has 0 fully saturated rings. The summed E-state index contributed by atoms with van der Waals surface area (Å²) >= 11 is 0. The Balaban J connectivity index is 2.87. The normalized spacial score (nSPS) is 9.86. The molecule has 0 saturated carbocycles. The van der Waals surface area contributed by atoms with E-state index in [0.717, 1.165) is 16.9 Å². The highest BCUT2D eigenvalue weighted by Gasteiger charge is 2.07. The van der Waals surface area contributed by atoms with E-state index in [9.17, 15) is 4.79 Å². The molecule has 14 heavy (non-hydrogen) atoms. The molecule has 76 valence electrons. The van der Waals surface area contributed by atoms with Gasteiger partial charge in [0.1, 0.15) is 5.75 Å². The van der Waals surface area contributed by atoms with Crippen molar-refractivity contribution in [1.29, 1.82) is 0 Å². The molecule has 0 saturated heterocycles. The number of aliphatic carboxylic acids is 1. The van der Waals surface area contributed by atoms with Gasteiger partial charge in [0.2, 0.25) is 0 Å². The number of carbonyl (C=O) groups is 1. The molecule has 0 heterocycles. The van der Waals surface area contributed by atoms with Crippen molar-refractivity contribution in [3.63, 3.8) is 0 Å². The third-order valence-corrected chi connectivity index (χ3v) is 2.18. The van der Waals surface area contributed by atoms with Crippen LogP contribution in [0.2, 0.25) is 0 Å². The SMILES string of the molecule is COc1cccc(C)c1CCC(=O)O. The Morgan fingerprint density at radius 3 is 2.79 bits per heavy atom. The van der Waals surface area contributed by atoms with Gasteiger partial charge in [-0.25, -0.2) is 0 Å². The van der Waals surface area contributed by atoms with E-state index >= 15 is 0 Å². The van der Waals surface area contributed by atoms with Crippen molar-refractivity contribution in [3.05, 3.63) is 29.3 Å². The van der Waals surface area contributed by atoms with Gasteiger partial charge in [0.05, 0.1) is 7.11 Å². The van der Waals surface area contributed by atoms with Crippen LogP contribution in [0, 0.1) is 6.92 Å². The quantitative estimate of drug-likeness (QED) is 0.797. The van der Waals surface area contributed by atoms with E-state index in [1.54, 1.807) is 7.11 Å². The lowest BCUT2D eigenvalue weighted by molar-refractivity contribution is -0.136. The summed E-state index contributed by atoms with van der Waals surface area (Å²) in [5.41, 5.74) is 2.06. The van der Waals surface area contributed by atoms with Gasteiger partial charge in [0.15, 0.2) is 0 Å². The smallest absolute Gasteiger partial charge is 0.303 e. The third-order valence-electron chi connectivity index (χ3n) is 2.18. The van der Waals surface area contributed by atoms with E-state index in [1.165, 1.54) is 0 Å². The first kappa shape index (κ1) is 10.6. The molecule has 1 aromatic carbocycles. The zero-order chi connectivity index (χ0) is 10.6. The van der Waals surface area contributed by atoms with Gasteiger partial charge in [-0.05, 0) is 30.5 Å². The first-order chi connectivity index (χ1) is 6.65. The van der Waals surface area contributed by atoms with Crippen molar-refractivity contribution in [2.45, 2.75) is 19.8 Å². The molecule has 0 radical (unpaired) electrons. The van der Waals surface area contributed by atoms with Crippen molar-refractivity contribution >= 4 is 5.97 Å². The van der Waals surface area contributed by atoms with Crippen LogP contribution in [-0.4, -0.2) is 18.2 Å². The predicted molar refractivity (Wildman–Crippen MR) is 53.7 cm³/mol. The topological polar surface area (TPSA) is 46.5 Å². The Kier molecular flexibility index (Phi) is 3.51. The van der Waals surface area contributed by atoms with Crippen LogP contribution >= 0.6 is 0 Å². The lowest BCUT2D eigenvalue weighted by Crippen LogP contribution is -2.01. The molecule has 0 aliphatic heterocycles. The summed E-state index contributed by atoms with van der Waals surface area (Å²) in [5, 5.41) is 8.59. The second kappa shape index (κ2) is 4.65. The van der Waals surface area contributed by atoms with Crippen LogP contribution in [0.1, 0.15) is 17.5 Å². The van der Waals surface area contributed by atoms with Crippen molar-refractivity contribution in [1.82, 2.24) is 0 Å². The summed E-state index contributed by atoms with van der Waals surface area (Å²) in [4.78, 5) is 10.4. The zero-order valence-electron chi connectivity index (χ0n) is 8.41. The first-order valence-corrected chi connectivity index (χ1v) is 4.49. The highest BCUT2D eigenvalue weighted by molar-refractivity contribution is 5.67. The highest BCUT2D eigenvalue weighted by atomic mass is 16.5. The molecule has 0 spiro atoms. The molecule has 1 rings (SSSR count). The average molecular weight is 194 g/mol. The Hall–Kier alpha value is -1.51.